The lowest BCUT2D eigenvalue weighted by Crippen LogP contribution is -2.50. The van der Waals surface area contributed by atoms with Crippen molar-refractivity contribution >= 4 is 27.5 Å². The van der Waals surface area contributed by atoms with Crippen LogP contribution in [0.25, 0.3) is 0 Å². The van der Waals surface area contributed by atoms with E-state index in [9.17, 15) is 23.4 Å². The maximum absolute atomic E-state index is 13.9. The van der Waals surface area contributed by atoms with Crippen molar-refractivity contribution < 1.29 is 23.4 Å². The normalized spacial score (nSPS) is 20.0. The van der Waals surface area contributed by atoms with E-state index in [1.54, 1.807) is 12.1 Å². The highest BCUT2D eigenvalue weighted by Gasteiger charge is 2.33. The van der Waals surface area contributed by atoms with E-state index in [2.05, 4.69) is 15.5 Å². The molecule has 6 N–H and O–H groups in total. The number of hydrogen-bond donors (Lipinski definition) is 5. The van der Waals surface area contributed by atoms with Gasteiger partial charge in [0.1, 0.15) is 0 Å². The van der Waals surface area contributed by atoms with Crippen molar-refractivity contribution in [3.05, 3.63) is 54.1 Å². The van der Waals surface area contributed by atoms with E-state index in [0.717, 1.165) is 25.1 Å². The van der Waals surface area contributed by atoms with Crippen molar-refractivity contribution in [3.8, 4) is 0 Å². The molecule has 4 rings (SSSR count). The zero-order chi connectivity index (χ0) is 29.6. The molecule has 1 heterocycles. The van der Waals surface area contributed by atoms with Crippen LogP contribution in [0.1, 0.15) is 51.5 Å². The summed E-state index contributed by atoms with van der Waals surface area (Å²) in [6.07, 6.45) is 3.70. The molecule has 41 heavy (non-hydrogen) atoms. The van der Waals surface area contributed by atoms with Crippen LogP contribution in [0, 0.1) is 5.92 Å². The summed E-state index contributed by atoms with van der Waals surface area (Å²) in [4.78, 5) is 14.1. The van der Waals surface area contributed by atoms with Gasteiger partial charge in [0.05, 0.1) is 28.4 Å². The molecule has 1 saturated heterocycles. The number of benzene rings is 2. The lowest BCUT2D eigenvalue weighted by Gasteiger charge is -2.30. The summed E-state index contributed by atoms with van der Waals surface area (Å²) >= 11 is 0. The molecule has 1 aliphatic carbocycles. The van der Waals surface area contributed by atoms with Crippen LogP contribution < -0.4 is 16.4 Å². The minimum Gasteiger partial charge on any atom is -0.465 e. The number of aliphatic hydroxyl groups is 1. The lowest BCUT2D eigenvalue weighted by molar-refractivity contribution is 0.0980. The van der Waals surface area contributed by atoms with E-state index in [1.165, 1.54) is 36.1 Å². The number of nitrogens with one attached hydrogen (secondary N) is 2. The Kier molecular flexibility index (Phi) is 10.5. The number of nitrogens with two attached hydrogens (primary N) is 1. The van der Waals surface area contributed by atoms with Crippen molar-refractivity contribution in [2.45, 2.75) is 81.5 Å². The molecule has 2 fully saturated rings. The highest BCUT2D eigenvalue weighted by Crippen LogP contribution is 2.30. The van der Waals surface area contributed by atoms with Gasteiger partial charge in [-0.2, -0.15) is 4.31 Å². The molecule has 10 nitrogen and oxygen atoms in total. The Bertz CT molecular complexity index is 1250. The van der Waals surface area contributed by atoms with Gasteiger partial charge in [-0.15, -0.1) is 0 Å². The lowest BCUT2D eigenvalue weighted by atomic mass is 10.0. The van der Waals surface area contributed by atoms with E-state index < -0.39 is 28.3 Å². The van der Waals surface area contributed by atoms with Crippen LogP contribution in [-0.2, 0) is 16.4 Å². The van der Waals surface area contributed by atoms with Gasteiger partial charge < -0.3 is 26.6 Å². The van der Waals surface area contributed by atoms with Crippen molar-refractivity contribution in [2.24, 2.45) is 5.92 Å². The van der Waals surface area contributed by atoms with Gasteiger partial charge in [-0.3, -0.25) is 4.90 Å². The molecule has 2 aromatic carbocycles. The Morgan fingerprint density at radius 3 is 2.46 bits per heavy atom. The molecule has 226 valence electrons. The molecule has 11 heteroatoms. The van der Waals surface area contributed by atoms with Crippen LogP contribution in [0.2, 0.25) is 0 Å². The number of hydrogen-bond acceptors (Lipinski definition) is 7. The number of likely N-dealkylation sites (tertiary alicyclic amines) is 1. The summed E-state index contributed by atoms with van der Waals surface area (Å²) in [5.41, 5.74) is 8.17. The number of nitrogen functional groups attached to an aromatic ring is 1. The van der Waals surface area contributed by atoms with Gasteiger partial charge in [0, 0.05) is 38.3 Å². The van der Waals surface area contributed by atoms with Crippen molar-refractivity contribution in [1.29, 1.82) is 0 Å². The van der Waals surface area contributed by atoms with E-state index in [0.29, 0.717) is 17.4 Å². The van der Waals surface area contributed by atoms with Gasteiger partial charge in [0.2, 0.25) is 10.0 Å². The summed E-state index contributed by atoms with van der Waals surface area (Å²) in [6, 6.07) is 13.8. The first-order valence-corrected chi connectivity index (χ1v) is 16.1. The molecular formula is C30H45N5O5S. The van der Waals surface area contributed by atoms with Gasteiger partial charge in [0.25, 0.3) is 0 Å². The number of carboxylic acid groups (broad SMARTS) is 1. The van der Waals surface area contributed by atoms with Gasteiger partial charge in [-0.25, -0.2) is 13.2 Å². The number of aliphatic hydroxyl groups excluding tert-OH is 1. The molecule has 0 bridgehead atoms. The smallest absolute Gasteiger partial charge is 0.404 e. The first-order valence-electron chi connectivity index (χ1n) is 14.6. The zero-order valence-electron chi connectivity index (χ0n) is 24.1. The number of rotatable bonds is 13. The SMILES string of the molecule is CC(C)CN(CC(O)C(Cc1ccccc1)NC(=O)O)S(=O)(=O)c1ccc(N)c(NC2CCN(C3CCCC3)C2)c1. The Labute approximate surface area is 244 Å². The third kappa shape index (κ3) is 8.34. The summed E-state index contributed by atoms with van der Waals surface area (Å²) in [7, 11) is -4.03. The van der Waals surface area contributed by atoms with Crippen LogP contribution in [-0.4, -0.2) is 84.3 Å². The van der Waals surface area contributed by atoms with Gasteiger partial charge in [-0.1, -0.05) is 57.0 Å². The average molecular weight is 588 g/mol. The van der Waals surface area contributed by atoms with Crippen molar-refractivity contribution in [2.75, 3.05) is 37.2 Å². The molecule has 1 amide bonds. The molecule has 2 aliphatic rings. The predicted molar refractivity (Wildman–Crippen MR) is 161 cm³/mol. The quantitative estimate of drug-likeness (QED) is 0.223. The fourth-order valence-corrected chi connectivity index (χ4v) is 7.67. The minimum atomic E-state index is -4.03. The van der Waals surface area contributed by atoms with E-state index >= 15 is 0 Å². The molecule has 0 aromatic heterocycles. The van der Waals surface area contributed by atoms with E-state index in [4.69, 9.17) is 5.73 Å². The number of anilines is 2. The molecule has 0 spiro atoms. The van der Waals surface area contributed by atoms with Crippen LogP contribution >= 0.6 is 0 Å². The summed E-state index contributed by atoms with van der Waals surface area (Å²) < 4.78 is 29.1. The van der Waals surface area contributed by atoms with Crippen LogP contribution in [0.15, 0.2) is 53.4 Å². The summed E-state index contributed by atoms with van der Waals surface area (Å²) in [5.74, 6) is -0.0246. The standard InChI is InChI=1S/C30H45N5O5S/c1-21(2)18-35(20-29(36)28(33-30(37)38)16-22-8-4-3-5-9-22)41(39,40)25-12-13-26(31)27(17-25)32-23-14-15-34(19-23)24-10-6-7-11-24/h3-5,8-9,12-13,17,21,23-24,28-29,32-33,36H,6-7,10-11,14-16,18-20,31H2,1-2H3,(H,37,38). The van der Waals surface area contributed by atoms with Crippen LogP contribution in [0.3, 0.4) is 0 Å². The fourth-order valence-electron chi connectivity index (χ4n) is 6.02. The number of amides is 1. The van der Waals surface area contributed by atoms with E-state index in [-0.39, 0.29) is 36.4 Å². The zero-order valence-corrected chi connectivity index (χ0v) is 24.9. The van der Waals surface area contributed by atoms with Crippen molar-refractivity contribution in [3.63, 3.8) is 0 Å². The minimum absolute atomic E-state index is 0.0246. The Hall–Kier alpha value is -2.86. The first kappa shape index (κ1) is 31.1. The molecule has 3 atom stereocenters. The van der Waals surface area contributed by atoms with Crippen LogP contribution in [0.5, 0.6) is 0 Å². The van der Waals surface area contributed by atoms with Crippen molar-refractivity contribution in [1.82, 2.24) is 14.5 Å². The third-order valence-corrected chi connectivity index (χ3v) is 9.94. The second kappa shape index (κ2) is 13.9. The average Bonchev–Trinajstić information content (AvgIpc) is 3.61. The monoisotopic (exact) mass is 587 g/mol. The number of nitrogens with zero attached hydrogens (tertiary/aromatic N) is 2. The maximum Gasteiger partial charge on any atom is 0.404 e. The molecular weight excluding hydrogens is 542 g/mol. The second-order valence-electron chi connectivity index (χ2n) is 11.8. The second-order valence-corrected chi connectivity index (χ2v) is 13.8. The van der Waals surface area contributed by atoms with Gasteiger partial charge >= 0.3 is 6.09 Å². The highest BCUT2D eigenvalue weighted by molar-refractivity contribution is 7.89. The number of carbonyl (C=O) groups is 1. The highest BCUT2D eigenvalue weighted by atomic mass is 32.2. The Balaban J connectivity index is 1.51. The van der Waals surface area contributed by atoms with Gasteiger partial charge in [-0.05, 0) is 55.4 Å². The molecule has 0 radical (unpaired) electrons. The largest absolute Gasteiger partial charge is 0.465 e. The first-order chi connectivity index (χ1) is 19.5. The molecule has 1 saturated carbocycles. The fraction of sp³-hybridized carbons (Fsp3) is 0.567. The summed E-state index contributed by atoms with van der Waals surface area (Å²) in [6.45, 7) is 5.64. The molecule has 2 aromatic rings. The van der Waals surface area contributed by atoms with Crippen LogP contribution in [0.4, 0.5) is 16.2 Å². The maximum atomic E-state index is 13.9. The summed E-state index contributed by atoms with van der Waals surface area (Å²) in [5, 5.41) is 26.4. The Morgan fingerprint density at radius 1 is 1.10 bits per heavy atom. The third-order valence-electron chi connectivity index (χ3n) is 8.11. The predicted octanol–water partition coefficient (Wildman–Crippen LogP) is 3.58. The van der Waals surface area contributed by atoms with Gasteiger partial charge in [0.15, 0.2) is 0 Å². The molecule has 1 aliphatic heterocycles. The molecule has 3 unspecified atom stereocenters. The Morgan fingerprint density at radius 2 is 1.80 bits per heavy atom. The topological polar surface area (TPSA) is 148 Å². The number of sulfonamides is 1. The van der Waals surface area contributed by atoms with E-state index in [1.807, 2.05) is 44.2 Å².